The van der Waals surface area contributed by atoms with E-state index in [-0.39, 0.29) is 17.8 Å². The molecule has 1 atom stereocenters. The molecule has 0 spiro atoms. The average molecular weight is 431 g/mol. The molecule has 4 heterocycles. The first-order chi connectivity index (χ1) is 15.5. The van der Waals surface area contributed by atoms with E-state index < -0.39 is 11.4 Å². The van der Waals surface area contributed by atoms with Crippen molar-refractivity contribution in [3.8, 4) is 16.9 Å². The van der Waals surface area contributed by atoms with Crippen molar-refractivity contribution in [2.24, 2.45) is 0 Å². The minimum atomic E-state index is -0.524. The Kier molecular flexibility index (Phi) is 3.95. The van der Waals surface area contributed by atoms with E-state index in [4.69, 9.17) is 4.74 Å². The van der Waals surface area contributed by atoms with Crippen LogP contribution in [0.15, 0.2) is 47.3 Å². The predicted molar refractivity (Wildman–Crippen MR) is 114 cm³/mol. The van der Waals surface area contributed by atoms with Crippen LogP contribution in [-0.4, -0.2) is 44.1 Å². The number of ether oxygens (including phenoxy) is 1. The second-order valence-corrected chi connectivity index (χ2v) is 8.08. The van der Waals surface area contributed by atoms with Crippen LogP contribution in [0.5, 0.6) is 0 Å². The number of hydrogen-bond donors (Lipinski definition) is 1. The van der Waals surface area contributed by atoms with Crippen LogP contribution in [0.25, 0.3) is 28.0 Å². The molecular weight excluding hydrogens is 413 g/mol. The highest BCUT2D eigenvalue weighted by Gasteiger charge is 2.38. The number of H-pyrrole nitrogens is 1. The van der Waals surface area contributed by atoms with Gasteiger partial charge in [0.25, 0.3) is 5.56 Å². The lowest BCUT2D eigenvalue weighted by atomic mass is 9.91. The standard InChI is InChI=1S/C23H18FN5O3/c1-12-3-2-4-16(24)22(12)29-19(30)10-17-21(27-29)20(26-25-17)14-6-5-13-7-8-28-18(15(13)9-14)11-32-23(28)31/h2-6,9-10,18,25H,7-8,11H2,1H3. The van der Waals surface area contributed by atoms with E-state index in [1.807, 2.05) is 18.2 Å². The Balaban J connectivity index is 1.51. The monoisotopic (exact) mass is 431 g/mol. The largest absolute Gasteiger partial charge is 0.447 e. The van der Waals surface area contributed by atoms with E-state index in [9.17, 15) is 14.0 Å². The first-order valence-corrected chi connectivity index (χ1v) is 10.3. The zero-order valence-corrected chi connectivity index (χ0v) is 17.1. The van der Waals surface area contributed by atoms with Gasteiger partial charge >= 0.3 is 6.09 Å². The molecule has 4 aromatic rings. The number of halogens is 1. The van der Waals surface area contributed by atoms with Crippen LogP contribution in [0.3, 0.4) is 0 Å². The highest BCUT2D eigenvalue weighted by molar-refractivity contribution is 5.89. The van der Waals surface area contributed by atoms with Gasteiger partial charge in [-0.25, -0.2) is 9.18 Å². The molecule has 1 N–H and O–H groups in total. The summed E-state index contributed by atoms with van der Waals surface area (Å²) in [6.45, 7) is 2.69. The normalized spacial score (nSPS) is 17.4. The van der Waals surface area contributed by atoms with Crippen molar-refractivity contribution in [3.05, 3.63) is 75.3 Å². The molecule has 32 heavy (non-hydrogen) atoms. The number of amides is 1. The van der Waals surface area contributed by atoms with Crippen molar-refractivity contribution in [3.63, 3.8) is 0 Å². The summed E-state index contributed by atoms with van der Waals surface area (Å²) < 4.78 is 20.9. The van der Waals surface area contributed by atoms with Gasteiger partial charge in [0.15, 0.2) is 0 Å². The molecule has 1 amide bonds. The van der Waals surface area contributed by atoms with Crippen molar-refractivity contribution in [1.29, 1.82) is 0 Å². The molecule has 160 valence electrons. The van der Waals surface area contributed by atoms with Crippen molar-refractivity contribution < 1.29 is 13.9 Å². The number of fused-ring (bicyclic) bond motifs is 4. The second kappa shape index (κ2) is 6.74. The molecule has 2 aliphatic heterocycles. The minimum absolute atomic E-state index is 0.120. The van der Waals surface area contributed by atoms with Crippen LogP contribution in [0.2, 0.25) is 0 Å². The Hall–Kier alpha value is -4.01. The highest BCUT2D eigenvalue weighted by Crippen LogP contribution is 2.37. The van der Waals surface area contributed by atoms with E-state index >= 15 is 0 Å². The molecule has 0 saturated carbocycles. The summed E-state index contributed by atoms with van der Waals surface area (Å²) in [6.07, 6.45) is 0.467. The number of aryl methyl sites for hydroxylation is 1. The maximum atomic E-state index is 14.5. The van der Waals surface area contributed by atoms with E-state index in [1.54, 1.807) is 24.0 Å². The fourth-order valence-electron chi connectivity index (χ4n) is 4.61. The first kappa shape index (κ1) is 18.7. The van der Waals surface area contributed by atoms with Crippen molar-refractivity contribution >= 4 is 17.1 Å². The van der Waals surface area contributed by atoms with Crippen molar-refractivity contribution in [2.75, 3.05) is 13.2 Å². The van der Waals surface area contributed by atoms with Crippen LogP contribution < -0.4 is 5.56 Å². The zero-order chi connectivity index (χ0) is 22.0. The molecule has 1 saturated heterocycles. The third kappa shape index (κ3) is 2.67. The molecule has 1 unspecified atom stereocenters. The van der Waals surface area contributed by atoms with Gasteiger partial charge in [0.05, 0.1) is 11.6 Å². The minimum Gasteiger partial charge on any atom is -0.447 e. The lowest BCUT2D eigenvalue weighted by Crippen LogP contribution is -2.34. The quantitative estimate of drug-likeness (QED) is 0.526. The van der Waals surface area contributed by atoms with Gasteiger partial charge in [-0.05, 0) is 42.2 Å². The fraction of sp³-hybridized carbons (Fsp3) is 0.217. The van der Waals surface area contributed by atoms with Crippen LogP contribution in [0.4, 0.5) is 9.18 Å². The SMILES string of the molecule is Cc1cccc(F)c1-n1nc2c(-c3ccc4c(c3)C3COC(=O)N3CC4)n[nH]c2cc1=O. The molecule has 2 aliphatic rings. The number of rotatable bonds is 2. The summed E-state index contributed by atoms with van der Waals surface area (Å²) >= 11 is 0. The lowest BCUT2D eigenvalue weighted by Gasteiger charge is -2.29. The van der Waals surface area contributed by atoms with Crippen molar-refractivity contribution in [1.82, 2.24) is 24.9 Å². The van der Waals surface area contributed by atoms with Crippen LogP contribution in [0.1, 0.15) is 22.7 Å². The summed E-state index contributed by atoms with van der Waals surface area (Å²) in [4.78, 5) is 26.4. The average Bonchev–Trinajstić information content (AvgIpc) is 3.36. The number of cyclic esters (lactones) is 1. The Morgan fingerprint density at radius 2 is 2.06 bits per heavy atom. The zero-order valence-electron chi connectivity index (χ0n) is 17.1. The third-order valence-electron chi connectivity index (χ3n) is 6.22. The third-order valence-corrected chi connectivity index (χ3v) is 6.22. The van der Waals surface area contributed by atoms with Crippen LogP contribution in [-0.2, 0) is 11.2 Å². The van der Waals surface area contributed by atoms with E-state index in [2.05, 4.69) is 15.3 Å². The first-order valence-electron chi connectivity index (χ1n) is 10.3. The Morgan fingerprint density at radius 3 is 2.91 bits per heavy atom. The van der Waals surface area contributed by atoms with Gasteiger partial charge in [0.2, 0.25) is 0 Å². The molecule has 0 bridgehead atoms. The van der Waals surface area contributed by atoms with Gasteiger partial charge in [0, 0.05) is 18.2 Å². The molecular formula is C23H18FN5O3. The number of aromatic amines is 1. The highest BCUT2D eigenvalue weighted by atomic mass is 19.1. The molecule has 8 nitrogen and oxygen atoms in total. The van der Waals surface area contributed by atoms with Gasteiger partial charge in [-0.15, -0.1) is 0 Å². The number of nitrogens with zero attached hydrogens (tertiary/aromatic N) is 4. The number of carbonyl (C=O) groups is 1. The summed E-state index contributed by atoms with van der Waals surface area (Å²) in [5.41, 5.74) is 4.72. The van der Waals surface area contributed by atoms with E-state index in [0.29, 0.717) is 35.4 Å². The lowest BCUT2D eigenvalue weighted by molar-refractivity contribution is 0.157. The van der Waals surface area contributed by atoms with Gasteiger partial charge < -0.3 is 4.74 Å². The summed E-state index contributed by atoms with van der Waals surface area (Å²) in [6, 6.07) is 11.8. The topological polar surface area (TPSA) is 93.1 Å². The number of carbonyl (C=O) groups excluding carboxylic acids is 1. The molecule has 1 fully saturated rings. The smallest absolute Gasteiger partial charge is 0.410 e. The summed E-state index contributed by atoms with van der Waals surface area (Å²) in [7, 11) is 0. The summed E-state index contributed by atoms with van der Waals surface area (Å²) in [5.74, 6) is -0.524. The predicted octanol–water partition coefficient (Wildman–Crippen LogP) is 3.27. The Labute approximate surface area is 181 Å². The van der Waals surface area contributed by atoms with Crippen molar-refractivity contribution in [2.45, 2.75) is 19.4 Å². The maximum absolute atomic E-state index is 14.5. The van der Waals surface area contributed by atoms with Gasteiger partial charge in [-0.1, -0.05) is 24.3 Å². The Bertz CT molecular complexity index is 1450. The summed E-state index contributed by atoms with van der Waals surface area (Å²) in [5, 5.41) is 11.7. The number of benzene rings is 2. The van der Waals surface area contributed by atoms with E-state index in [0.717, 1.165) is 22.2 Å². The molecule has 0 aliphatic carbocycles. The molecule has 9 heteroatoms. The van der Waals surface area contributed by atoms with Gasteiger partial charge in [0.1, 0.15) is 29.3 Å². The molecule has 2 aromatic heterocycles. The molecule has 0 radical (unpaired) electrons. The van der Waals surface area contributed by atoms with Crippen LogP contribution >= 0.6 is 0 Å². The number of hydrogen-bond acceptors (Lipinski definition) is 5. The fourth-order valence-corrected chi connectivity index (χ4v) is 4.61. The second-order valence-electron chi connectivity index (χ2n) is 8.08. The van der Waals surface area contributed by atoms with E-state index in [1.165, 1.54) is 17.7 Å². The number of nitrogens with one attached hydrogen (secondary N) is 1. The molecule has 2 aromatic carbocycles. The number of aromatic nitrogens is 4. The van der Waals surface area contributed by atoms with Gasteiger partial charge in [-0.2, -0.15) is 14.9 Å². The van der Waals surface area contributed by atoms with Crippen LogP contribution in [0, 0.1) is 12.7 Å². The Morgan fingerprint density at radius 1 is 1.19 bits per heavy atom. The maximum Gasteiger partial charge on any atom is 0.410 e. The molecule has 6 rings (SSSR count). The van der Waals surface area contributed by atoms with Gasteiger partial charge in [-0.3, -0.25) is 14.8 Å². The number of para-hydroxylation sites is 1.